The Balaban J connectivity index is 0.000000561. The van der Waals surface area contributed by atoms with Gasteiger partial charge in [0.1, 0.15) is 0 Å². The highest BCUT2D eigenvalue weighted by Crippen LogP contribution is 2.34. The summed E-state index contributed by atoms with van der Waals surface area (Å²) in [5, 5.41) is 3.62. The molecule has 0 aromatic carbocycles. The maximum Gasteiger partial charge on any atom is 0.0156 e. The van der Waals surface area contributed by atoms with Gasteiger partial charge in [-0.1, -0.05) is 6.92 Å². The van der Waals surface area contributed by atoms with E-state index in [0.29, 0.717) is 11.1 Å². The fourth-order valence-corrected chi connectivity index (χ4v) is 2.07. The maximum absolute atomic E-state index is 4.50. The predicted molar refractivity (Wildman–Crippen MR) is 55.2 cm³/mol. The third kappa shape index (κ3) is 2.76. The van der Waals surface area contributed by atoms with E-state index < -0.39 is 0 Å². The third-order valence-electron chi connectivity index (χ3n) is 2.71. The monoisotopic (exact) mass is 172 g/mol. The Kier molecular flexibility index (Phi) is 3.73. The van der Waals surface area contributed by atoms with Gasteiger partial charge in [0.2, 0.25) is 0 Å². The molecule has 3 N–H and O–H groups in total. The summed E-state index contributed by atoms with van der Waals surface area (Å²) in [6, 6.07) is 0. The molecule has 0 saturated carbocycles. The predicted octanol–water partition coefficient (Wildman–Crippen LogP) is 1.75. The molecule has 12 heavy (non-hydrogen) atoms. The van der Waals surface area contributed by atoms with E-state index in [2.05, 4.69) is 45.7 Å². The van der Waals surface area contributed by atoms with Gasteiger partial charge in [-0.05, 0) is 47.1 Å². The Bertz CT molecular complexity index is 139. The number of rotatable bonds is 0. The minimum atomic E-state index is 0.337. The maximum atomic E-state index is 4.50. The van der Waals surface area contributed by atoms with Gasteiger partial charge < -0.3 is 11.1 Å². The average Bonchev–Trinajstić information content (AvgIpc) is 2.05. The third-order valence-corrected chi connectivity index (χ3v) is 2.71. The molecule has 0 aliphatic carbocycles. The normalized spacial score (nSPS) is 30.8. The molecule has 1 fully saturated rings. The van der Waals surface area contributed by atoms with E-state index in [1.807, 2.05) is 0 Å². The largest absolute Gasteiger partial charge is 0.333 e. The number of hydrogen-bond donors (Lipinski definition) is 2. The van der Waals surface area contributed by atoms with Crippen LogP contribution in [0.2, 0.25) is 0 Å². The first-order valence-electron chi connectivity index (χ1n) is 4.71. The van der Waals surface area contributed by atoms with Gasteiger partial charge in [0, 0.05) is 11.1 Å². The highest BCUT2D eigenvalue weighted by molar-refractivity contribution is 5.00. The van der Waals surface area contributed by atoms with Gasteiger partial charge in [-0.3, -0.25) is 0 Å². The lowest BCUT2D eigenvalue weighted by molar-refractivity contribution is 0.336. The molecule has 1 saturated heterocycles. The van der Waals surface area contributed by atoms with E-state index in [1.54, 1.807) is 0 Å². The van der Waals surface area contributed by atoms with E-state index in [0.717, 1.165) is 5.92 Å². The van der Waals surface area contributed by atoms with Crippen LogP contribution < -0.4 is 11.1 Å². The molecule has 0 amide bonds. The van der Waals surface area contributed by atoms with Crippen molar-refractivity contribution in [1.29, 1.82) is 0 Å². The molecule has 1 rings (SSSR count). The topological polar surface area (TPSA) is 38.0 Å². The van der Waals surface area contributed by atoms with Crippen LogP contribution >= 0.6 is 0 Å². The Morgan fingerprint density at radius 1 is 1.17 bits per heavy atom. The van der Waals surface area contributed by atoms with Crippen LogP contribution in [0.4, 0.5) is 0 Å². The van der Waals surface area contributed by atoms with Gasteiger partial charge >= 0.3 is 0 Å². The zero-order chi connectivity index (χ0) is 9.99. The van der Waals surface area contributed by atoms with Gasteiger partial charge in [0.15, 0.2) is 0 Å². The van der Waals surface area contributed by atoms with Crippen LogP contribution in [-0.4, -0.2) is 18.1 Å². The second-order valence-corrected chi connectivity index (χ2v) is 4.84. The first-order chi connectivity index (χ1) is 5.33. The van der Waals surface area contributed by atoms with E-state index >= 15 is 0 Å². The molecule has 1 aliphatic rings. The van der Waals surface area contributed by atoms with Gasteiger partial charge in [-0.2, -0.15) is 0 Å². The summed E-state index contributed by atoms with van der Waals surface area (Å²) in [4.78, 5) is 0. The molecule has 0 radical (unpaired) electrons. The molecular weight excluding hydrogens is 148 g/mol. The van der Waals surface area contributed by atoms with Crippen LogP contribution in [0.15, 0.2) is 0 Å². The van der Waals surface area contributed by atoms with Gasteiger partial charge in [-0.25, -0.2) is 0 Å². The van der Waals surface area contributed by atoms with Crippen molar-refractivity contribution in [3.8, 4) is 0 Å². The Morgan fingerprint density at radius 3 is 1.67 bits per heavy atom. The highest BCUT2D eigenvalue weighted by atomic mass is 15.1. The molecule has 0 aromatic rings. The van der Waals surface area contributed by atoms with Crippen molar-refractivity contribution >= 4 is 0 Å². The summed E-state index contributed by atoms with van der Waals surface area (Å²) in [5.74, 6) is 0.794. The summed E-state index contributed by atoms with van der Waals surface area (Å²) >= 11 is 0. The van der Waals surface area contributed by atoms with E-state index in [4.69, 9.17) is 0 Å². The summed E-state index contributed by atoms with van der Waals surface area (Å²) in [5.41, 5.74) is 5.19. The first kappa shape index (κ1) is 11.9. The van der Waals surface area contributed by atoms with Crippen LogP contribution in [0, 0.1) is 5.92 Å². The number of nitrogens with one attached hydrogen (secondary N) is 1. The van der Waals surface area contributed by atoms with E-state index in [9.17, 15) is 0 Å². The summed E-state index contributed by atoms with van der Waals surface area (Å²) in [6.45, 7) is 11.4. The van der Waals surface area contributed by atoms with Crippen molar-refractivity contribution in [2.24, 2.45) is 11.7 Å². The quantitative estimate of drug-likeness (QED) is 0.584. The fraction of sp³-hybridized carbons (Fsp3) is 1.00. The molecule has 1 unspecified atom stereocenters. The molecule has 1 atom stereocenters. The van der Waals surface area contributed by atoms with Crippen LogP contribution in [0.5, 0.6) is 0 Å². The van der Waals surface area contributed by atoms with Crippen molar-refractivity contribution in [2.45, 2.75) is 52.1 Å². The number of hydrogen-bond acceptors (Lipinski definition) is 2. The van der Waals surface area contributed by atoms with Gasteiger partial charge in [0.05, 0.1) is 0 Å². The molecular formula is C10H24N2. The Morgan fingerprint density at radius 2 is 1.58 bits per heavy atom. The Labute approximate surface area is 76.9 Å². The van der Waals surface area contributed by atoms with E-state index in [-0.39, 0.29) is 0 Å². The molecule has 0 bridgehead atoms. The molecule has 74 valence electrons. The zero-order valence-electron chi connectivity index (χ0n) is 9.36. The van der Waals surface area contributed by atoms with Crippen molar-refractivity contribution in [1.82, 2.24) is 5.32 Å². The average molecular weight is 172 g/mol. The first-order valence-corrected chi connectivity index (χ1v) is 4.71. The highest BCUT2D eigenvalue weighted by Gasteiger charge is 2.40. The number of nitrogens with two attached hydrogens (primary N) is 1. The lowest BCUT2D eigenvalue weighted by Crippen LogP contribution is -2.44. The zero-order valence-corrected chi connectivity index (χ0v) is 9.36. The van der Waals surface area contributed by atoms with Crippen LogP contribution in [0.1, 0.15) is 41.0 Å². The fourth-order valence-electron chi connectivity index (χ4n) is 2.07. The van der Waals surface area contributed by atoms with Crippen molar-refractivity contribution in [3.63, 3.8) is 0 Å². The SMILES string of the molecule is CC1CC(C)(C)NC1(C)C.CN. The van der Waals surface area contributed by atoms with E-state index in [1.165, 1.54) is 13.5 Å². The summed E-state index contributed by atoms with van der Waals surface area (Å²) in [7, 11) is 1.50. The van der Waals surface area contributed by atoms with Gasteiger partial charge in [-0.15, -0.1) is 0 Å². The second kappa shape index (κ2) is 3.75. The minimum Gasteiger partial charge on any atom is -0.333 e. The molecule has 0 aromatic heterocycles. The van der Waals surface area contributed by atoms with Gasteiger partial charge in [0.25, 0.3) is 0 Å². The molecule has 2 heteroatoms. The lowest BCUT2D eigenvalue weighted by atomic mass is 9.89. The van der Waals surface area contributed by atoms with Crippen LogP contribution in [0.3, 0.4) is 0 Å². The molecule has 1 heterocycles. The summed E-state index contributed by atoms with van der Waals surface area (Å²) in [6.07, 6.45) is 1.29. The molecule has 1 aliphatic heterocycles. The Hall–Kier alpha value is -0.0800. The van der Waals surface area contributed by atoms with Crippen LogP contribution in [0.25, 0.3) is 0 Å². The molecule has 2 nitrogen and oxygen atoms in total. The smallest absolute Gasteiger partial charge is 0.0156 e. The second-order valence-electron chi connectivity index (χ2n) is 4.84. The minimum absolute atomic E-state index is 0.337. The van der Waals surface area contributed by atoms with Crippen molar-refractivity contribution in [3.05, 3.63) is 0 Å². The summed E-state index contributed by atoms with van der Waals surface area (Å²) < 4.78 is 0. The lowest BCUT2D eigenvalue weighted by Gasteiger charge is -2.26. The standard InChI is InChI=1S/C9H19N.CH5N/c1-7-6-8(2,3)10-9(7,4)5;1-2/h7,10H,6H2,1-5H3;2H2,1H3. The van der Waals surface area contributed by atoms with Crippen LogP contribution in [-0.2, 0) is 0 Å². The van der Waals surface area contributed by atoms with Crippen molar-refractivity contribution < 1.29 is 0 Å². The molecule has 0 spiro atoms. The van der Waals surface area contributed by atoms with Crippen molar-refractivity contribution in [2.75, 3.05) is 7.05 Å².